The second-order valence-corrected chi connectivity index (χ2v) is 4.03. The Morgan fingerprint density at radius 2 is 2.44 bits per heavy atom. The first kappa shape index (κ1) is 10.7. The van der Waals surface area contributed by atoms with E-state index in [0.717, 1.165) is 11.8 Å². The van der Waals surface area contributed by atoms with Crippen LogP contribution in [0.25, 0.3) is 5.78 Å². The van der Waals surface area contributed by atoms with Gasteiger partial charge in [0.05, 0.1) is 5.75 Å². The van der Waals surface area contributed by atoms with E-state index in [1.54, 1.807) is 6.92 Å². The highest BCUT2D eigenvalue weighted by Gasteiger charge is 2.10. The molecular weight excluding hydrogens is 232 g/mol. The summed E-state index contributed by atoms with van der Waals surface area (Å²) in [7, 11) is 0. The topological polar surface area (TPSA) is 100 Å². The van der Waals surface area contributed by atoms with E-state index < -0.39 is 5.97 Å². The number of nitrogens with one attached hydrogen (secondary N) is 1. The molecule has 2 heterocycles. The lowest BCUT2D eigenvalue weighted by Gasteiger charge is -1.96. The molecule has 16 heavy (non-hydrogen) atoms. The molecule has 0 bridgehead atoms. The normalized spacial score (nSPS) is 10.8. The van der Waals surface area contributed by atoms with Gasteiger partial charge in [0.25, 0.3) is 5.56 Å². The second kappa shape index (κ2) is 3.97. The number of carboxylic acid groups (broad SMARTS) is 1. The summed E-state index contributed by atoms with van der Waals surface area (Å²) in [5, 5.41) is 15.3. The highest BCUT2D eigenvalue weighted by molar-refractivity contribution is 7.99. The fourth-order valence-electron chi connectivity index (χ4n) is 1.23. The van der Waals surface area contributed by atoms with E-state index in [2.05, 4.69) is 15.2 Å². The van der Waals surface area contributed by atoms with E-state index in [1.165, 1.54) is 10.5 Å². The molecule has 8 heteroatoms. The average molecular weight is 240 g/mol. The van der Waals surface area contributed by atoms with E-state index in [9.17, 15) is 9.59 Å². The van der Waals surface area contributed by atoms with Crippen molar-refractivity contribution in [3.05, 3.63) is 22.1 Å². The van der Waals surface area contributed by atoms with Crippen molar-refractivity contribution in [2.45, 2.75) is 12.1 Å². The van der Waals surface area contributed by atoms with Gasteiger partial charge in [-0.2, -0.15) is 0 Å². The Kier molecular flexibility index (Phi) is 2.65. The lowest BCUT2D eigenvalue weighted by atomic mass is 10.4. The fraction of sp³-hybridized carbons (Fsp3) is 0.250. The van der Waals surface area contributed by atoms with E-state index in [4.69, 9.17) is 5.11 Å². The Hall–Kier alpha value is -1.83. The van der Waals surface area contributed by atoms with Crippen molar-refractivity contribution in [1.29, 1.82) is 0 Å². The van der Waals surface area contributed by atoms with Gasteiger partial charge in [-0.05, 0) is 6.92 Å². The Morgan fingerprint density at radius 3 is 3.12 bits per heavy atom. The monoisotopic (exact) mass is 240 g/mol. The van der Waals surface area contributed by atoms with Crippen LogP contribution in [0.1, 0.15) is 5.69 Å². The van der Waals surface area contributed by atoms with Crippen LogP contribution >= 0.6 is 11.8 Å². The van der Waals surface area contributed by atoms with Crippen LogP contribution in [0.5, 0.6) is 0 Å². The fourth-order valence-corrected chi connectivity index (χ4v) is 1.90. The number of nitrogens with zero attached hydrogens (tertiary/aromatic N) is 3. The number of aryl methyl sites for hydroxylation is 1. The molecule has 0 aliphatic rings. The zero-order valence-corrected chi connectivity index (χ0v) is 9.11. The van der Waals surface area contributed by atoms with Crippen LogP contribution in [0, 0.1) is 6.92 Å². The summed E-state index contributed by atoms with van der Waals surface area (Å²) in [5.74, 6) is -0.799. The zero-order chi connectivity index (χ0) is 11.7. The molecule has 0 saturated carbocycles. The maximum atomic E-state index is 11.6. The average Bonchev–Trinajstić information content (AvgIpc) is 2.57. The van der Waals surface area contributed by atoms with Crippen LogP contribution in [0.3, 0.4) is 0 Å². The second-order valence-electron chi connectivity index (χ2n) is 3.08. The van der Waals surface area contributed by atoms with Gasteiger partial charge in [0.15, 0.2) is 5.16 Å². The van der Waals surface area contributed by atoms with E-state index in [1.807, 2.05) is 0 Å². The molecule has 7 nitrogen and oxygen atoms in total. The number of carbonyl (C=O) groups is 1. The molecule has 2 N–H and O–H groups in total. The number of thioether (sulfide) groups is 1. The van der Waals surface area contributed by atoms with Crippen molar-refractivity contribution in [2.75, 3.05) is 5.75 Å². The summed E-state index contributed by atoms with van der Waals surface area (Å²) in [6.07, 6.45) is 0. The zero-order valence-electron chi connectivity index (χ0n) is 8.30. The Morgan fingerprint density at radius 1 is 1.69 bits per heavy atom. The van der Waals surface area contributed by atoms with Gasteiger partial charge in [-0.15, -0.1) is 5.10 Å². The van der Waals surface area contributed by atoms with Crippen molar-refractivity contribution < 1.29 is 9.90 Å². The number of hydrogen-bond acceptors (Lipinski definition) is 5. The van der Waals surface area contributed by atoms with Gasteiger partial charge in [-0.1, -0.05) is 11.8 Å². The molecule has 0 aliphatic carbocycles. The molecule has 84 valence electrons. The standard InChI is InChI=1S/C8H8N4O3S/c1-4-2-5(13)12-7(9-4)10-11-8(12)16-3-6(14)15/h2H,3H2,1H3,(H,9,10)(H,14,15). The van der Waals surface area contributed by atoms with Crippen LogP contribution in [0.15, 0.2) is 16.0 Å². The highest BCUT2D eigenvalue weighted by Crippen LogP contribution is 2.13. The summed E-state index contributed by atoms with van der Waals surface area (Å²) in [4.78, 5) is 26.1. The third-order valence-electron chi connectivity index (χ3n) is 1.81. The minimum absolute atomic E-state index is 0.153. The quantitative estimate of drug-likeness (QED) is 0.727. The molecule has 0 unspecified atom stereocenters. The van der Waals surface area contributed by atoms with E-state index in [0.29, 0.717) is 16.6 Å². The van der Waals surface area contributed by atoms with Crippen molar-refractivity contribution in [1.82, 2.24) is 19.6 Å². The molecule has 0 aliphatic heterocycles. The van der Waals surface area contributed by atoms with Crippen LogP contribution in [-0.4, -0.2) is 36.4 Å². The molecule has 0 amide bonds. The molecule has 0 radical (unpaired) electrons. The van der Waals surface area contributed by atoms with Crippen molar-refractivity contribution in [2.24, 2.45) is 0 Å². The van der Waals surface area contributed by atoms with Crippen molar-refractivity contribution in [3.63, 3.8) is 0 Å². The third-order valence-corrected chi connectivity index (χ3v) is 2.74. The molecular formula is C8H8N4O3S. The number of H-pyrrole nitrogens is 1. The van der Waals surface area contributed by atoms with Crippen molar-refractivity contribution >= 4 is 23.5 Å². The predicted molar refractivity (Wildman–Crippen MR) is 56.7 cm³/mol. The lowest BCUT2D eigenvalue weighted by Crippen LogP contribution is -2.14. The van der Waals surface area contributed by atoms with Gasteiger partial charge in [0, 0.05) is 11.8 Å². The number of aromatic nitrogens is 4. The summed E-state index contributed by atoms with van der Waals surface area (Å²) >= 11 is 0.966. The van der Waals surface area contributed by atoms with Gasteiger partial charge >= 0.3 is 5.97 Å². The maximum Gasteiger partial charge on any atom is 0.313 e. The molecule has 0 fully saturated rings. The highest BCUT2D eigenvalue weighted by atomic mass is 32.2. The first-order chi connectivity index (χ1) is 7.58. The Balaban J connectivity index is 2.48. The summed E-state index contributed by atoms with van der Waals surface area (Å²) < 4.78 is 1.25. The number of rotatable bonds is 3. The first-order valence-corrected chi connectivity index (χ1v) is 5.36. The number of aliphatic carboxylic acids is 1. The summed E-state index contributed by atoms with van der Waals surface area (Å²) in [6.45, 7) is 1.70. The molecule has 2 aromatic heterocycles. The SMILES string of the molecule is Cc1cc(=O)n2c(SCC(=O)O)n[nH]c2n1. The minimum Gasteiger partial charge on any atom is -0.481 e. The van der Waals surface area contributed by atoms with Crippen LogP contribution in [0.4, 0.5) is 0 Å². The van der Waals surface area contributed by atoms with E-state index in [-0.39, 0.29) is 11.3 Å². The molecule has 2 rings (SSSR count). The third kappa shape index (κ3) is 1.91. The largest absolute Gasteiger partial charge is 0.481 e. The predicted octanol–water partition coefficient (Wildman–Crippen LogP) is -0.0973. The van der Waals surface area contributed by atoms with Crippen LogP contribution < -0.4 is 5.56 Å². The van der Waals surface area contributed by atoms with Gasteiger partial charge in [-0.25, -0.2) is 14.5 Å². The summed E-state index contributed by atoms with van der Waals surface area (Å²) in [5.41, 5.74) is 0.313. The Labute approximate surface area is 93.5 Å². The van der Waals surface area contributed by atoms with Gasteiger partial charge in [0.2, 0.25) is 5.78 Å². The van der Waals surface area contributed by atoms with E-state index >= 15 is 0 Å². The van der Waals surface area contributed by atoms with Crippen LogP contribution in [-0.2, 0) is 4.79 Å². The smallest absolute Gasteiger partial charge is 0.313 e. The Bertz CT molecular complexity index is 603. The number of carboxylic acids is 1. The number of fused-ring (bicyclic) bond motifs is 1. The van der Waals surface area contributed by atoms with Crippen LogP contribution in [0.2, 0.25) is 0 Å². The van der Waals surface area contributed by atoms with Gasteiger partial charge in [-0.3, -0.25) is 9.59 Å². The first-order valence-electron chi connectivity index (χ1n) is 4.37. The van der Waals surface area contributed by atoms with Gasteiger partial charge < -0.3 is 5.11 Å². The molecule has 0 atom stereocenters. The van der Waals surface area contributed by atoms with Gasteiger partial charge in [0.1, 0.15) is 0 Å². The molecule has 0 aromatic carbocycles. The molecule has 0 spiro atoms. The van der Waals surface area contributed by atoms with Crippen molar-refractivity contribution in [3.8, 4) is 0 Å². The lowest BCUT2D eigenvalue weighted by molar-refractivity contribution is -0.133. The molecule has 2 aromatic rings. The minimum atomic E-state index is -0.964. The number of aromatic amines is 1. The summed E-state index contributed by atoms with van der Waals surface area (Å²) in [6, 6.07) is 1.37. The maximum absolute atomic E-state index is 11.6. The molecule has 0 saturated heterocycles. The number of hydrogen-bond donors (Lipinski definition) is 2.